The number of nitrogens with zero attached hydrogens (tertiary/aromatic N) is 3. The lowest BCUT2D eigenvalue weighted by atomic mass is 9.70. The molecule has 2 aromatic carbocycles. The van der Waals surface area contributed by atoms with E-state index in [1.54, 1.807) is 39.8 Å². The smallest absolute Gasteiger partial charge is 0.251 e. The van der Waals surface area contributed by atoms with Gasteiger partial charge >= 0.3 is 0 Å². The number of para-hydroxylation sites is 1. The normalized spacial score (nSPS) is 26.1. The average molecular weight is 594 g/mol. The van der Waals surface area contributed by atoms with Crippen molar-refractivity contribution in [3.63, 3.8) is 0 Å². The van der Waals surface area contributed by atoms with Crippen molar-refractivity contribution in [1.82, 2.24) is 9.80 Å². The number of rotatable bonds is 11. The summed E-state index contributed by atoms with van der Waals surface area (Å²) in [6, 6.07) is 14.4. The summed E-state index contributed by atoms with van der Waals surface area (Å²) in [7, 11) is 0. The summed E-state index contributed by atoms with van der Waals surface area (Å²) in [5, 5.41) is 10.3. The molecule has 3 saturated heterocycles. The summed E-state index contributed by atoms with van der Waals surface area (Å²) in [6.45, 7) is 10.3. The van der Waals surface area contributed by atoms with Crippen LogP contribution < -0.4 is 4.90 Å². The number of amides is 3. The quantitative estimate of drug-likeness (QED) is 0.389. The zero-order valence-corrected chi connectivity index (χ0v) is 24.8. The predicted octanol–water partition coefficient (Wildman–Crippen LogP) is 4.47. The van der Waals surface area contributed by atoms with Crippen molar-refractivity contribution in [2.45, 2.75) is 42.3 Å². The van der Waals surface area contributed by atoms with Gasteiger partial charge in [0.15, 0.2) is 0 Å². The van der Waals surface area contributed by atoms with Crippen LogP contribution >= 0.6 is 23.4 Å². The van der Waals surface area contributed by atoms with Gasteiger partial charge < -0.3 is 19.8 Å². The minimum absolute atomic E-state index is 0.0173. The molecule has 3 heterocycles. The fourth-order valence-corrected chi connectivity index (χ4v) is 9.53. The number of β-amino-alcohol motifs (C(OH)–C–C–N with tert-alkyl or cyclic N) is 1. The Bertz CT molecular complexity index is 1330. The molecule has 3 aliphatic heterocycles. The highest BCUT2D eigenvalue weighted by atomic mass is 35.5. The van der Waals surface area contributed by atoms with Crippen LogP contribution in [0, 0.1) is 18.8 Å². The Kier molecular flexibility index (Phi) is 8.64. The van der Waals surface area contributed by atoms with Crippen LogP contribution in [0.2, 0.25) is 5.02 Å². The van der Waals surface area contributed by atoms with E-state index < -0.39 is 22.6 Å². The Morgan fingerprint density at radius 1 is 1.12 bits per heavy atom. The molecule has 7 nitrogen and oxygen atoms in total. The number of hydrogen-bond donors (Lipinski definition) is 1. The number of likely N-dealkylation sites (tertiary alicyclic amines) is 1. The van der Waals surface area contributed by atoms with Gasteiger partial charge in [0, 0.05) is 31.4 Å². The van der Waals surface area contributed by atoms with Crippen LogP contribution in [0.25, 0.3) is 0 Å². The Hall–Kier alpha value is -3.07. The minimum Gasteiger partial charge on any atom is -0.395 e. The molecular weight excluding hydrogens is 558 g/mol. The summed E-state index contributed by atoms with van der Waals surface area (Å²) < 4.78 is -0.768. The summed E-state index contributed by atoms with van der Waals surface area (Å²) >= 11 is 8.22. The van der Waals surface area contributed by atoms with Gasteiger partial charge in [0.2, 0.25) is 11.8 Å². The van der Waals surface area contributed by atoms with Crippen LogP contribution in [0.1, 0.15) is 24.0 Å². The fraction of sp³-hybridized carbons (Fsp3) is 0.406. The maximum Gasteiger partial charge on any atom is 0.251 e. The van der Waals surface area contributed by atoms with Crippen molar-refractivity contribution in [3.05, 3.63) is 90.0 Å². The van der Waals surface area contributed by atoms with Gasteiger partial charge in [-0.3, -0.25) is 14.4 Å². The number of halogens is 1. The molecule has 0 saturated carbocycles. The van der Waals surface area contributed by atoms with Gasteiger partial charge in [-0.2, -0.15) is 0 Å². The Morgan fingerprint density at radius 3 is 2.51 bits per heavy atom. The number of aryl methyl sites for hydroxylation is 1. The number of carbonyl (C=O) groups excluding carboxylic acids is 3. The van der Waals surface area contributed by atoms with Crippen LogP contribution in [0.5, 0.6) is 0 Å². The number of aliphatic hydroxyl groups excluding tert-OH is 1. The zero-order chi connectivity index (χ0) is 29.3. The van der Waals surface area contributed by atoms with E-state index in [0.717, 1.165) is 17.5 Å². The third-order valence-electron chi connectivity index (χ3n) is 8.57. The molecule has 0 aromatic heterocycles. The highest BCUT2D eigenvalue weighted by molar-refractivity contribution is 8.02. The van der Waals surface area contributed by atoms with E-state index in [1.807, 2.05) is 49.4 Å². The van der Waals surface area contributed by atoms with E-state index in [0.29, 0.717) is 30.2 Å². The largest absolute Gasteiger partial charge is 0.395 e. The van der Waals surface area contributed by atoms with Crippen LogP contribution in [0.4, 0.5) is 5.69 Å². The van der Waals surface area contributed by atoms with E-state index in [2.05, 4.69) is 13.2 Å². The number of aliphatic hydroxyl groups is 1. The summed E-state index contributed by atoms with van der Waals surface area (Å²) in [5.74, 6) is -1.80. The van der Waals surface area contributed by atoms with Gasteiger partial charge in [0.05, 0.1) is 33.9 Å². The third kappa shape index (κ3) is 5.00. The first-order chi connectivity index (χ1) is 19.8. The molecule has 5 atom stereocenters. The second-order valence-electron chi connectivity index (χ2n) is 10.9. The van der Waals surface area contributed by atoms with E-state index in [4.69, 9.17) is 11.6 Å². The Balaban J connectivity index is 1.53. The SMILES string of the molecule is C=CCN(Cc1ccccc1)C(=O)[C@@H]1[C@H]2C(=O)N(CCO)C(C(=O)N(CC=C)c3c(C)cccc3Cl)C23CC[C@H]1S3. The standard InChI is InChI=1S/C32H36ClN3O4S/c1-4-16-34(20-22-11-7-6-8-12-22)29(38)25-24-14-15-32(41-24)26(25)30(39)36(18-19-37)28(32)31(40)35(17-5-2)27-21(3)10-9-13-23(27)33/h4-13,24-26,28,37H,1-2,14-20H2,3H3/t24-,25+,26+,28?,32?/m1/s1. The van der Waals surface area contributed by atoms with Crippen LogP contribution in [0.15, 0.2) is 73.8 Å². The Morgan fingerprint density at radius 2 is 1.85 bits per heavy atom. The Labute approximate surface area is 250 Å². The topological polar surface area (TPSA) is 81.2 Å². The first-order valence-electron chi connectivity index (χ1n) is 14.0. The van der Waals surface area contributed by atoms with Crippen LogP contribution in [0.3, 0.4) is 0 Å². The van der Waals surface area contributed by atoms with Crippen molar-refractivity contribution in [2.75, 3.05) is 31.1 Å². The van der Waals surface area contributed by atoms with Gasteiger partial charge in [-0.1, -0.05) is 66.2 Å². The monoisotopic (exact) mass is 593 g/mol. The molecule has 0 aliphatic carbocycles. The molecule has 216 valence electrons. The summed E-state index contributed by atoms with van der Waals surface area (Å²) in [6.07, 6.45) is 4.73. The maximum atomic E-state index is 14.6. The number of benzene rings is 2. The summed E-state index contributed by atoms with van der Waals surface area (Å²) in [4.78, 5) is 47.8. The average Bonchev–Trinajstić information content (AvgIpc) is 3.60. The van der Waals surface area contributed by atoms with Gasteiger partial charge in [-0.15, -0.1) is 24.9 Å². The number of anilines is 1. The van der Waals surface area contributed by atoms with E-state index in [-0.39, 0.29) is 42.7 Å². The van der Waals surface area contributed by atoms with E-state index in [1.165, 1.54) is 4.90 Å². The first kappa shape index (κ1) is 29.4. The van der Waals surface area contributed by atoms with Crippen molar-refractivity contribution in [3.8, 4) is 0 Å². The molecule has 1 N–H and O–H groups in total. The van der Waals surface area contributed by atoms with Crippen molar-refractivity contribution in [1.29, 1.82) is 0 Å². The minimum atomic E-state index is -0.836. The molecule has 3 aliphatic rings. The molecule has 3 fully saturated rings. The second-order valence-corrected chi connectivity index (χ2v) is 13.0. The van der Waals surface area contributed by atoms with Crippen LogP contribution in [-0.2, 0) is 20.9 Å². The highest BCUT2D eigenvalue weighted by Gasteiger charge is 2.74. The van der Waals surface area contributed by atoms with Gasteiger partial charge in [0.1, 0.15) is 6.04 Å². The lowest BCUT2D eigenvalue weighted by Gasteiger charge is -2.38. The van der Waals surface area contributed by atoms with Crippen molar-refractivity contribution >= 4 is 46.8 Å². The van der Waals surface area contributed by atoms with Crippen molar-refractivity contribution < 1.29 is 19.5 Å². The van der Waals surface area contributed by atoms with E-state index in [9.17, 15) is 19.5 Å². The van der Waals surface area contributed by atoms with Gasteiger partial charge in [-0.25, -0.2) is 0 Å². The van der Waals surface area contributed by atoms with Gasteiger partial charge in [0.25, 0.3) is 5.91 Å². The predicted molar refractivity (Wildman–Crippen MR) is 164 cm³/mol. The zero-order valence-electron chi connectivity index (χ0n) is 23.2. The number of thioether (sulfide) groups is 1. The molecule has 3 amide bonds. The maximum absolute atomic E-state index is 14.6. The molecule has 5 rings (SSSR count). The molecule has 0 radical (unpaired) electrons. The first-order valence-corrected chi connectivity index (χ1v) is 15.2. The molecule has 9 heteroatoms. The lowest BCUT2D eigenvalue weighted by molar-refractivity contribution is -0.144. The molecular formula is C32H36ClN3O4S. The number of fused-ring (bicyclic) bond motifs is 1. The fourth-order valence-electron chi connectivity index (χ4n) is 7.00. The third-order valence-corrected chi connectivity index (χ3v) is 10.8. The molecule has 1 spiro atoms. The molecule has 2 bridgehead atoms. The summed E-state index contributed by atoms with van der Waals surface area (Å²) in [5.41, 5.74) is 2.41. The van der Waals surface area contributed by atoms with Gasteiger partial charge in [-0.05, 0) is 37.0 Å². The van der Waals surface area contributed by atoms with Crippen molar-refractivity contribution in [2.24, 2.45) is 11.8 Å². The van der Waals surface area contributed by atoms with Crippen LogP contribution in [-0.4, -0.2) is 74.9 Å². The highest BCUT2D eigenvalue weighted by Crippen LogP contribution is 2.66. The number of hydrogen-bond acceptors (Lipinski definition) is 5. The molecule has 41 heavy (non-hydrogen) atoms. The molecule has 2 unspecified atom stereocenters. The number of carbonyl (C=O) groups is 3. The second kappa shape index (κ2) is 12.0. The lowest BCUT2D eigenvalue weighted by Crippen LogP contribution is -2.55. The molecule has 2 aromatic rings. The van der Waals surface area contributed by atoms with E-state index >= 15 is 0 Å².